The first-order valence-corrected chi connectivity index (χ1v) is 17.2. The van der Waals surface area contributed by atoms with Crippen molar-refractivity contribution in [3.8, 4) is 22.8 Å². The second-order valence-corrected chi connectivity index (χ2v) is 14.6. The van der Waals surface area contributed by atoms with Crippen molar-refractivity contribution < 1.29 is 4.42 Å². The van der Waals surface area contributed by atoms with Crippen molar-refractivity contribution in [1.82, 2.24) is 19.3 Å². The van der Waals surface area contributed by atoms with E-state index in [0.717, 1.165) is 40.6 Å². The van der Waals surface area contributed by atoms with Crippen LogP contribution < -0.4 is 0 Å². The normalized spacial score (nSPS) is 23.5. The van der Waals surface area contributed by atoms with Gasteiger partial charge in [-0.2, -0.15) is 0 Å². The predicted molar refractivity (Wildman–Crippen MR) is 188 cm³/mol. The molecule has 5 heteroatoms. The molecule has 5 nitrogen and oxygen atoms in total. The highest BCUT2D eigenvalue weighted by Crippen LogP contribution is 2.60. The molecule has 4 bridgehead atoms. The molecule has 228 valence electrons. The minimum atomic E-state index is 0.0557. The molecular formula is C42H34N4O. The molecule has 0 aliphatic heterocycles. The van der Waals surface area contributed by atoms with Crippen LogP contribution in [0, 0.1) is 17.8 Å². The van der Waals surface area contributed by atoms with Crippen LogP contribution in [0.3, 0.4) is 0 Å². The summed E-state index contributed by atoms with van der Waals surface area (Å²) in [5.74, 6) is 3.93. The van der Waals surface area contributed by atoms with Gasteiger partial charge in [-0.05, 0) is 98.7 Å². The van der Waals surface area contributed by atoms with E-state index in [4.69, 9.17) is 14.6 Å². The zero-order valence-electron chi connectivity index (χ0n) is 26.1. The summed E-state index contributed by atoms with van der Waals surface area (Å²) in [7, 11) is 0. The quantitative estimate of drug-likeness (QED) is 0.199. The Morgan fingerprint density at radius 3 is 1.34 bits per heavy atom. The van der Waals surface area contributed by atoms with Gasteiger partial charge in [0.25, 0.3) is 0 Å². The van der Waals surface area contributed by atoms with Gasteiger partial charge in [-0.1, -0.05) is 72.8 Å². The summed E-state index contributed by atoms with van der Waals surface area (Å²) in [4.78, 5) is 0. The van der Waals surface area contributed by atoms with Crippen LogP contribution in [-0.4, -0.2) is 19.3 Å². The predicted octanol–water partition coefficient (Wildman–Crippen LogP) is 10.4. The number of fused-ring (bicyclic) bond motifs is 6. The Labute approximate surface area is 272 Å². The van der Waals surface area contributed by atoms with Crippen LogP contribution in [0.15, 0.2) is 120 Å². The van der Waals surface area contributed by atoms with E-state index in [-0.39, 0.29) is 5.41 Å². The lowest BCUT2D eigenvalue weighted by Crippen LogP contribution is -2.48. The van der Waals surface area contributed by atoms with Gasteiger partial charge < -0.3 is 13.6 Å². The Morgan fingerprint density at radius 1 is 0.511 bits per heavy atom. The van der Waals surface area contributed by atoms with Crippen LogP contribution in [0.2, 0.25) is 0 Å². The molecule has 4 fully saturated rings. The summed E-state index contributed by atoms with van der Waals surface area (Å²) in [5.41, 5.74) is 7.87. The molecule has 3 aromatic heterocycles. The molecule has 47 heavy (non-hydrogen) atoms. The molecule has 0 atom stereocenters. The molecule has 4 saturated carbocycles. The zero-order valence-corrected chi connectivity index (χ0v) is 26.1. The molecule has 4 aliphatic carbocycles. The average Bonchev–Trinajstić information content (AvgIpc) is 3.81. The summed E-state index contributed by atoms with van der Waals surface area (Å²) in [5, 5.41) is 14.6. The van der Waals surface area contributed by atoms with Crippen molar-refractivity contribution in [1.29, 1.82) is 0 Å². The van der Waals surface area contributed by atoms with Gasteiger partial charge in [-0.15, -0.1) is 10.2 Å². The zero-order chi connectivity index (χ0) is 30.7. The molecule has 5 aromatic carbocycles. The highest BCUT2D eigenvalue weighted by molar-refractivity contribution is 6.10. The molecule has 4 aliphatic rings. The van der Waals surface area contributed by atoms with Gasteiger partial charge in [0.1, 0.15) is 0 Å². The first kappa shape index (κ1) is 26.0. The third-order valence-corrected chi connectivity index (χ3v) is 11.7. The van der Waals surface area contributed by atoms with E-state index in [1.54, 1.807) is 0 Å². The third-order valence-electron chi connectivity index (χ3n) is 11.7. The van der Waals surface area contributed by atoms with Gasteiger partial charge in [0.15, 0.2) is 0 Å². The van der Waals surface area contributed by atoms with E-state index in [1.807, 2.05) is 0 Å². The Hall–Kier alpha value is -5.16. The number of hydrogen-bond donors (Lipinski definition) is 0. The van der Waals surface area contributed by atoms with Crippen LogP contribution in [0.5, 0.6) is 0 Å². The highest BCUT2D eigenvalue weighted by atomic mass is 16.4. The van der Waals surface area contributed by atoms with E-state index in [1.165, 1.54) is 82.1 Å². The van der Waals surface area contributed by atoms with Gasteiger partial charge in [0, 0.05) is 43.9 Å². The average molecular weight is 611 g/mol. The Morgan fingerprint density at radius 2 is 0.915 bits per heavy atom. The number of para-hydroxylation sites is 4. The molecular weight excluding hydrogens is 576 g/mol. The van der Waals surface area contributed by atoms with E-state index >= 15 is 0 Å². The summed E-state index contributed by atoms with van der Waals surface area (Å²) in [6, 6.07) is 41.6. The second-order valence-electron chi connectivity index (χ2n) is 14.6. The smallest absolute Gasteiger partial charge is 0.247 e. The number of rotatable bonds is 4. The van der Waals surface area contributed by atoms with Crippen molar-refractivity contribution in [2.24, 2.45) is 17.8 Å². The van der Waals surface area contributed by atoms with Gasteiger partial charge in [-0.3, -0.25) is 0 Å². The number of hydrogen-bond acceptors (Lipinski definition) is 3. The van der Waals surface area contributed by atoms with Gasteiger partial charge in [0.05, 0.1) is 22.1 Å². The van der Waals surface area contributed by atoms with Gasteiger partial charge in [0.2, 0.25) is 11.8 Å². The van der Waals surface area contributed by atoms with Gasteiger partial charge in [-0.25, -0.2) is 0 Å². The monoisotopic (exact) mass is 610 g/mol. The molecule has 0 unspecified atom stereocenters. The summed E-state index contributed by atoms with van der Waals surface area (Å²) >= 11 is 0. The second kappa shape index (κ2) is 9.45. The maximum Gasteiger partial charge on any atom is 0.247 e. The van der Waals surface area contributed by atoms with Crippen LogP contribution >= 0.6 is 0 Å². The first-order chi connectivity index (χ1) is 23.2. The lowest BCUT2D eigenvalue weighted by Gasteiger charge is -2.55. The number of benzene rings is 5. The Balaban J connectivity index is 1.17. The van der Waals surface area contributed by atoms with E-state index < -0.39 is 0 Å². The van der Waals surface area contributed by atoms with E-state index in [9.17, 15) is 0 Å². The molecule has 12 rings (SSSR count). The third kappa shape index (κ3) is 3.71. The molecule has 0 spiro atoms. The van der Waals surface area contributed by atoms with Crippen LogP contribution in [0.25, 0.3) is 66.4 Å². The number of aromatic nitrogens is 4. The number of nitrogens with zero attached hydrogens (tertiary/aromatic N) is 4. The van der Waals surface area contributed by atoms with E-state index in [0.29, 0.717) is 5.89 Å². The molecule has 0 radical (unpaired) electrons. The SMILES string of the molecule is c1ccc2c(c1)c1ccccc1n2-c1cc(-c2nnc(C34CC5CC(CC(C5)C3)C4)o2)cc(-n2c3ccccc3c3ccccc32)c1. The summed E-state index contributed by atoms with van der Waals surface area (Å²) in [6.45, 7) is 0. The van der Waals surface area contributed by atoms with Gasteiger partial charge >= 0.3 is 0 Å². The first-order valence-electron chi connectivity index (χ1n) is 17.2. The highest BCUT2D eigenvalue weighted by Gasteiger charge is 2.54. The topological polar surface area (TPSA) is 48.8 Å². The Kier molecular flexibility index (Phi) is 5.22. The summed E-state index contributed by atoms with van der Waals surface area (Å²) < 4.78 is 11.6. The maximum absolute atomic E-state index is 6.81. The van der Waals surface area contributed by atoms with E-state index in [2.05, 4.69) is 124 Å². The molecule has 0 saturated heterocycles. The minimum Gasteiger partial charge on any atom is -0.420 e. The molecule has 3 heterocycles. The largest absolute Gasteiger partial charge is 0.420 e. The molecule has 0 amide bonds. The fraction of sp³-hybridized carbons (Fsp3) is 0.238. The van der Waals surface area contributed by atoms with Crippen molar-refractivity contribution >= 4 is 43.6 Å². The fourth-order valence-electron chi connectivity index (χ4n) is 10.3. The lowest BCUT2D eigenvalue weighted by atomic mass is 9.49. The standard InChI is InChI=1S/C42H34N4O/c1-5-13-36-32(9-1)33-10-2-6-14-37(33)45(36)30-20-29(40-43-44-41(47-40)42-23-26-17-27(24-42)19-28(18-26)25-42)21-31(22-30)46-38-15-7-3-11-34(38)35-12-4-8-16-39(35)46/h1-16,20-22,26-28H,17-19,23-25H2. The maximum atomic E-state index is 6.81. The molecule has 8 aromatic rings. The van der Waals surface area contributed by atoms with Crippen LogP contribution in [-0.2, 0) is 5.41 Å². The van der Waals surface area contributed by atoms with Crippen LogP contribution in [0.1, 0.15) is 44.4 Å². The van der Waals surface area contributed by atoms with Crippen molar-refractivity contribution in [3.05, 3.63) is 121 Å². The van der Waals surface area contributed by atoms with Crippen molar-refractivity contribution in [3.63, 3.8) is 0 Å². The lowest BCUT2D eigenvalue weighted by molar-refractivity contribution is -0.0176. The Bertz CT molecular complexity index is 2260. The summed E-state index contributed by atoms with van der Waals surface area (Å²) in [6.07, 6.45) is 7.79. The van der Waals surface area contributed by atoms with Crippen LogP contribution in [0.4, 0.5) is 0 Å². The van der Waals surface area contributed by atoms with Crippen molar-refractivity contribution in [2.45, 2.75) is 43.9 Å². The molecule has 0 N–H and O–H groups in total. The minimum absolute atomic E-state index is 0.0557. The fourth-order valence-corrected chi connectivity index (χ4v) is 10.3. The van der Waals surface area contributed by atoms with Crippen molar-refractivity contribution in [2.75, 3.05) is 0 Å².